The molecule has 2 aromatic rings. The summed E-state index contributed by atoms with van der Waals surface area (Å²) >= 11 is 0. The largest absolute Gasteiger partial charge is 0.352 e. The van der Waals surface area contributed by atoms with Crippen LogP contribution in [0.1, 0.15) is 18.3 Å². The highest BCUT2D eigenvalue weighted by Crippen LogP contribution is 2.13. The molecule has 0 saturated heterocycles. The van der Waals surface area contributed by atoms with E-state index in [1.807, 2.05) is 14.0 Å². The summed E-state index contributed by atoms with van der Waals surface area (Å²) in [6, 6.07) is 5.10. The van der Waals surface area contributed by atoms with Gasteiger partial charge in [0.25, 0.3) is 0 Å². The van der Waals surface area contributed by atoms with Gasteiger partial charge >= 0.3 is 0 Å². The fourth-order valence-electron chi connectivity index (χ4n) is 1.83. The molecule has 0 atom stereocenters. The van der Waals surface area contributed by atoms with Crippen LogP contribution >= 0.6 is 0 Å². The summed E-state index contributed by atoms with van der Waals surface area (Å²) in [7, 11) is -1.72. The number of aromatic nitrogens is 3. The molecule has 0 radical (unpaired) electrons. The zero-order valence-electron chi connectivity index (χ0n) is 12.1. The number of hydrogen-bond acceptors (Lipinski definition) is 5. The lowest BCUT2D eigenvalue weighted by Gasteiger charge is -2.03. The van der Waals surface area contributed by atoms with E-state index in [0.29, 0.717) is 12.2 Å². The SMILES string of the molecule is CCNCc1cc(S(=O)(=O)NCc2cccnn2)cn1C. The van der Waals surface area contributed by atoms with Crippen LogP contribution in [-0.4, -0.2) is 29.7 Å². The van der Waals surface area contributed by atoms with Crippen LogP contribution < -0.4 is 10.0 Å². The second kappa shape index (κ2) is 6.79. The first-order valence-corrected chi connectivity index (χ1v) is 8.13. The lowest BCUT2D eigenvalue weighted by molar-refractivity contribution is 0.579. The van der Waals surface area contributed by atoms with E-state index >= 15 is 0 Å². The third kappa shape index (κ3) is 4.10. The Hall–Kier alpha value is -1.77. The van der Waals surface area contributed by atoms with Crippen molar-refractivity contribution in [2.45, 2.75) is 24.9 Å². The minimum atomic E-state index is -3.55. The highest BCUT2D eigenvalue weighted by atomic mass is 32.2. The Morgan fingerprint density at radius 3 is 2.81 bits per heavy atom. The normalized spacial score (nSPS) is 11.7. The van der Waals surface area contributed by atoms with Crippen molar-refractivity contribution < 1.29 is 8.42 Å². The number of sulfonamides is 1. The predicted octanol–water partition coefficient (Wildman–Crippen LogP) is 0.403. The average molecular weight is 309 g/mol. The van der Waals surface area contributed by atoms with Gasteiger partial charge in [-0.25, -0.2) is 13.1 Å². The highest BCUT2D eigenvalue weighted by Gasteiger charge is 2.17. The first-order valence-electron chi connectivity index (χ1n) is 6.65. The van der Waals surface area contributed by atoms with Gasteiger partial charge in [0.15, 0.2) is 0 Å². The molecular weight excluding hydrogens is 290 g/mol. The summed E-state index contributed by atoms with van der Waals surface area (Å²) in [6.45, 7) is 3.58. The maximum absolute atomic E-state index is 12.3. The number of aryl methyl sites for hydroxylation is 1. The molecule has 0 aromatic carbocycles. The first kappa shape index (κ1) is 15.6. The predicted molar refractivity (Wildman–Crippen MR) is 78.9 cm³/mol. The third-order valence-electron chi connectivity index (χ3n) is 3.02. The van der Waals surface area contributed by atoms with E-state index in [2.05, 4.69) is 20.2 Å². The van der Waals surface area contributed by atoms with Crippen LogP contribution in [0.25, 0.3) is 0 Å². The highest BCUT2D eigenvalue weighted by molar-refractivity contribution is 7.89. The smallest absolute Gasteiger partial charge is 0.242 e. The Morgan fingerprint density at radius 1 is 1.33 bits per heavy atom. The Morgan fingerprint density at radius 2 is 2.14 bits per heavy atom. The van der Waals surface area contributed by atoms with E-state index in [-0.39, 0.29) is 11.4 Å². The van der Waals surface area contributed by atoms with Gasteiger partial charge in [0.1, 0.15) is 0 Å². The van der Waals surface area contributed by atoms with Gasteiger partial charge in [-0.05, 0) is 24.7 Å². The molecule has 0 bridgehead atoms. The Kier molecular flexibility index (Phi) is 5.05. The van der Waals surface area contributed by atoms with Gasteiger partial charge in [-0.15, -0.1) is 0 Å². The minimum Gasteiger partial charge on any atom is -0.352 e. The lowest BCUT2D eigenvalue weighted by atomic mass is 10.4. The first-order chi connectivity index (χ1) is 10.0. The number of nitrogens with zero attached hydrogens (tertiary/aromatic N) is 3. The molecule has 0 saturated carbocycles. The number of nitrogens with one attached hydrogen (secondary N) is 2. The molecule has 0 spiro atoms. The minimum absolute atomic E-state index is 0.119. The van der Waals surface area contributed by atoms with Gasteiger partial charge in [0.05, 0.1) is 17.1 Å². The maximum atomic E-state index is 12.3. The van der Waals surface area contributed by atoms with Crippen LogP contribution in [0.3, 0.4) is 0 Å². The van der Waals surface area contributed by atoms with E-state index in [0.717, 1.165) is 12.2 Å². The van der Waals surface area contributed by atoms with E-state index in [9.17, 15) is 8.42 Å². The molecule has 0 aliphatic rings. The second-order valence-electron chi connectivity index (χ2n) is 4.60. The van der Waals surface area contributed by atoms with E-state index in [4.69, 9.17) is 0 Å². The van der Waals surface area contributed by atoms with Gasteiger partial charge in [0.2, 0.25) is 10.0 Å². The molecule has 7 nitrogen and oxygen atoms in total. The van der Waals surface area contributed by atoms with Crippen LogP contribution in [0, 0.1) is 0 Å². The lowest BCUT2D eigenvalue weighted by Crippen LogP contribution is -2.23. The van der Waals surface area contributed by atoms with Gasteiger partial charge < -0.3 is 9.88 Å². The van der Waals surface area contributed by atoms with Gasteiger partial charge in [-0.1, -0.05) is 6.92 Å². The molecule has 0 fully saturated rings. The zero-order valence-corrected chi connectivity index (χ0v) is 12.9. The standard InChI is InChI=1S/C13H19N5O2S/c1-3-14-9-12-7-13(10-18(12)2)21(19,20)16-8-11-5-4-6-15-17-11/h4-7,10,14,16H,3,8-9H2,1-2H3. The Bertz CT molecular complexity index is 682. The monoisotopic (exact) mass is 309 g/mol. The summed E-state index contributed by atoms with van der Waals surface area (Å²) in [5, 5.41) is 10.7. The second-order valence-corrected chi connectivity index (χ2v) is 6.36. The van der Waals surface area contributed by atoms with Gasteiger partial charge in [-0.3, -0.25) is 0 Å². The van der Waals surface area contributed by atoms with Crippen molar-refractivity contribution in [1.82, 2.24) is 24.8 Å². The molecule has 0 amide bonds. The topological polar surface area (TPSA) is 88.9 Å². The van der Waals surface area contributed by atoms with Crippen molar-refractivity contribution >= 4 is 10.0 Å². The molecule has 8 heteroatoms. The molecule has 2 N–H and O–H groups in total. The number of rotatable bonds is 7. The van der Waals surface area contributed by atoms with Crippen molar-refractivity contribution in [2.24, 2.45) is 7.05 Å². The summed E-state index contributed by atoms with van der Waals surface area (Å²) in [5.74, 6) is 0. The molecule has 21 heavy (non-hydrogen) atoms. The quantitative estimate of drug-likeness (QED) is 0.773. The summed E-state index contributed by atoms with van der Waals surface area (Å²) < 4.78 is 28.8. The fraction of sp³-hybridized carbons (Fsp3) is 0.385. The van der Waals surface area contributed by atoms with Crippen LogP contribution in [-0.2, 0) is 30.2 Å². The number of hydrogen-bond donors (Lipinski definition) is 2. The van der Waals surface area contributed by atoms with Gasteiger partial charge in [0, 0.05) is 31.7 Å². The molecule has 2 aromatic heterocycles. The summed E-state index contributed by atoms with van der Waals surface area (Å²) in [4.78, 5) is 0.252. The molecule has 0 aliphatic heterocycles. The summed E-state index contributed by atoms with van der Waals surface area (Å²) in [6.07, 6.45) is 3.15. The van der Waals surface area contributed by atoms with Crippen LogP contribution in [0.15, 0.2) is 35.5 Å². The Balaban J connectivity index is 2.09. The van der Waals surface area contributed by atoms with Crippen LogP contribution in [0.4, 0.5) is 0 Å². The zero-order chi connectivity index (χ0) is 15.3. The molecule has 0 aliphatic carbocycles. The average Bonchev–Trinajstić information content (AvgIpc) is 2.86. The van der Waals surface area contributed by atoms with E-state index < -0.39 is 10.0 Å². The Labute approximate surface area is 124 Å². The third-order valence-corrected chi connectivity index (χ3v) is 4.39. The van der Waals surface area contributed by atoms with Crippen molar-refractivity contribution in [3.63, 3.8) is 0 Å². The van der Waals surface area contributed by atoms with Crippen molar-refractivity contribution in [2.75, 3.05) is 6.54 Å². The van der Waals surface area contributed by atoms with E-state index in [1.165, 1.54) is 0 Å². The molecular formula is C13H19N5O2S. The van der Waals surface area contributed by atoms with Crippen LogP contribution in [0.5, 0.6) is 0 Å². The van der Waals surface area contributed by atoms with Crippen molar-refractivity contribution in [1.29, 1.82) is 0 Å². The molecule has 2 rings (SSSR count). The van der Waals surface area contributed by atoms with Crippen molar-refractivity contribution in [3.05, 3.63) is 42.0 Å². The van der Waals surface area contributed by atoms with Crippen LogP contribution in [0.2, 0.25) is 0 Å². The maximum Gasteiger partial charge on any atom is 0.242 e. The van der Waals surface area contributed by atoms with E-state index in [1.54, 1.807) is 35.2 Å². The fourth-order valence-corrected chi connectivity index (χ4v) is 2.93. The van der Waals surface area contributed by atoms with Crippen molar-refractivity contribution in [3.8, 4) is 0 Å². The molecule has 114 valence electrons. The molecule has 2 heterocycles. The molecule has 0 unspecified atom stereocenters. The summed E-state index contributed by atoms with van der Waals surface area (Å²) in [5.41, 5.74) is 1.49. The van der Waals surface area contributed by atoms with Gasteiger partial charge in [-0.2, -0.15) is 10.2 Å².